The summed E-state index contributed by atoms with van der Waals surface area (Å²) in [4.78, 5) is 18.1. The molecule has 0 radical (unpaired) electrons. The van der Waals surface area contributed by atoms with Gasteiger partial charge in [-0.2, -0.15) is 0 Å². The van der Waals surface area contributed by atoms with Crippen LogP contribution in [0.15, 0.2) is 24.3 Å². The Morgan fingerprint density at radius 1 is 1.43 bits per heavy atom. The van der Waals surface area contributed by atoms with E-state index < -0.39 is 0 Å². The molecule has 112 valence electrons. The summed E-state index contributed by atoms with van der Waals surface area (Å²) in [7, 11) is 0. The molecule has 1 fully saturated rings. The van der Waals surface area contributed by atoms with Gasteiger partial charge in [0.15, 0.2) is 0 Å². The fourth-order valence-corrected chi connectivity index (χ4v) is 3.20. The van der Waals surface area contributed by atoms with Crippen molar-refractivity contribution in [1.82, 2.24) is 9.88 Å². The number of aryl methyl sites for hydroxylation is 1. The Balaban J connectivity index is 1.88. The van der Waals surface area contributed by atoms with Crippen LogP contribution in [0.3, 0.4) is 0 Å². The maximum atomic E-state index is 12.9. The van der Waals surface area contributed by atoms with E-state index in [-0.39, 0.29) is 12.0 Å². The molecule has 1 aliphatic rings. The molecule has 1 aliphatic heterocycles. The zero-order valence-corrected chi connectivity index (χ0v) is 12.7. The van der Waals surface area contributed by atoms with Crippen LogP contribution in [0.5, 0.6) is 0 Å². The van der Waals surface area contributed by atoms with Gasteiger partial charge in [-0.05, 0) is 32.8 Å². The van der Waals surface area contributed by atoms with Gasteiger partial charge in [-0.15, -0.1) is 0 Å². The number of hydrogen-bond acceptors (Lipinski definition) is 2. The second-order valence-corrected chi connectivity index (χ2v) is 5.64. The third kappa shape index (κ3) is 2.68. The molecule has 4 nitrogen and oxygen atoms in total. The lowest BCUT2D eigenvalue weighted by molar-refractivity contribution is 0.00728. The number of nitrogens with one attached hydrogen (secondary N) is 1. The number of aromatic nitrogens is 1. The first-order valence-corrected chi connectivity index (χ1v) is 7.69. The molecular formula is C17H22N2O2. The van der Waals surface area contributed by atoms with Gasteiger partial charge in [-0.25, -0.2) is 0 Å². The van der Waals surface area contributed by atoms with Gasteiger partial charge in [0.25, 0.3) is 5.91 Å². The van der Waals surface area contributed by atoms with Crippen LogP contribution >= 0.6 is 0 Å². The molecule has 21 heavy (non-hydrogen) atoms. The van der Waals surface area contributed by atoms with Gasteiger partial charge in [-0.1, -0.05) is 18.2 Å². The highest BCUT2D eigenvalue weighted by Gasteiger charge is 2.27. The van der Waals surface area contributed by atoms with Gasteiger partial charge in [0.1, 0.15) is 0 Å². The predicted molar refractivity (Wildman–Crippen MR) is 83.6 cm³/mol. The van der Waals surface area contributed by atoms with Crippen molar-refractivity contribution in [1.29, 1.82) is 0 Å². The molecule has 0 bridgehead atoms. The molecule has 1 unspecified atom stereocenters. The number of benzene rings is 1. The minimum absolute atomic E-state index is 0.120. The number of para-hydroxylation sites is 1. The number of rotatable bonds is 3. The molecule has 1 aromatic carbocycles. The molecule has 1 aromatic heterocycles. The van der Waals surface area contributed by atoms with E-state index in [1.54, 1.807) is 0 Å². The van der Waals surface area contributed by atoms with Crippen LogP contribution in [0, 0.1) is 6.92 Å². The molecule has 3 rings (SSSR count). The van der Waals surface area contributed by atoms with Gasteiger partial charge in [0, 0.05) is 36.3 Å². The van der Waals surface area contributed by atoms with Crippen LogP contribution in [0.1, 0.15) is 35.8 Å². The minimum Gasteiger partial charge on any atom is -0.377 e. The number of carbonyl (C=O) groups excluding carboxylic acids is 1. The maximum Gasteiger partial charge on any atom is 0.256 e. The zero-order chi connectivity index (χ0) is 14.8. The molecule has 2 heterocycles. The number of piperidine rings is 1. The second kappa shape index (κ2) is 5.90. The third-order valence-corrected chi connectivity index (χ3v) is 4.18. The Hall–Kier alpha value is -1.81. The van der Waals surface area contributed by atoms with Crippen LogP contribution in [0.2, 0.25) is 0 Å². The number of hydrogen-bond donors (Lipinski definition) is 1. The first kappa shape index (κ1) is 14.1. The lowest BCUT2D eigenvalue weighted by Gasteiger charge is -2.32. The molecule has 2 aromatic rings. The first-order chi connectivity index (χ1) is 10.2. The highest BCUT2D eigenvalue weighted by atomic mass is 16.5. The van der Waals surface area contributed by atoms with Gasteiger partial charge < -0.3 is 14.6 Å². The highest BCUT2D eigenvalue weighted by molar-refractivity contribution is 6.08. The maximum absolute atomic E-state index is 12.9. The Kier molecular flexibility index (Phi) is 3.97. The quantitative estimate of drug-likeness (QED) is 0.942. The van der Waals surface area contributed by atoms with Crippen LogP contribution in [-0.4, -0.2) is 41.6 Å². The van der Waals surface area contributed by atoms with Gasteiger partial charge in [-0.3, -0.25) is 4.79 Å². The predicted octanol–water partition coefficient (Wildman–Crippen LogP) is 3.12. The Labute approximate surface area is 125 Å². The number of carbonyl (C=O) groups is 1. The number of ether oxygens (including phenoxy) is 1. The molecule has 1 amide bonds. The number of nitrogens with zero attached hydrogens (tertiary/aromatic N) is 1. The van der Waals surface area contributed by atoms with Crippen LogP contribution in [-0.2, 0) is 4.74 Å². The monoisotopic (exact) mass is 286 g/mol. The summed E-state index contributed by atoms with van der Waals surface area (Å²) < 4.78 is 5.70. The van der Waals surface area contributed by atoms with E-state index in [1.807, 2.05) is 43.0 Å². The van der Waals surface area contributed by atoms with E-state index in [1.165, 1.54) is 0 Å². The summed E-state index contributed by atoms with van der Waals surface area (Å²) >= 11 is 0. The van der Waals surface area contributed by atoms with Crippen molar-refractivity contribution < 1.29 is 9.53 Å². The Morgan fingerprint density at radius 3 is 3.05 bits per heavy atom. The van der Waals surface area contributed by atoms with E-state index in [9.17, 15) is 4.79 Å². The summed E-state index contributed by atoms with van der Waals surface area (Å²) in [5.41, 5.74) is 2.78. The first-order valence-electron chi connectivity index (χ1n) is 7.69. The molecule has 1 atom stereocenters. The molecule has 0 saturated carbocycles. The third-order valence-electron chi connectivity index (χ3n) is 4.18. The van der Waals surface area contributed by atoms with Crippen LogP contribution in [0.25, 0.3) is 10.9 Å². The summed E-state index contributed by atoms with van der Waals surface area (Å²) in [5, 5.41) is 1.01. The van der Waals surface area contributed by atoms with Gasteiger partial charge >= 0.3 is 0 Å². The lowest BCUT2D eigenvalue weighted by atomic mass is 10.0. The van der Waals surface area contributed by atoms with Crippen molar-refractivity contribution in [2.24, 2.45) is 0 Å². The average molecular weight is 286 g/mol. The van der Waals surface area contributed by atoms with Crippen LogP contribution < -0.4 is 0 Å². The topological polar surface area (TPSA) is 45.3 Å². The number of H-pyrrole nitrogens is 1. The van der Waals surface area contributed by atoms with Crippen molar-refractivity contribution in [3.8, 4) is 0 Å². The zero-order valence-electron chi connectivity index (χ0n) is 12.7. The SMILES string of the molecule is CCOC1CCCN(C(=O)c2c(C)[nH]c3ccccc23)C1. The van der Waals surface area contributed by atoms with E-state index in [2.05, 4.69) is 4.98 Å². The highest BCUT2D eigenvalue weighted by Crippen LogP contribution is 2.25. The fourth-order valence-electron chi connectivity index (χ4n) is 3.20. The van der Waals surface area contributed by atoms with Crippen molar-refractivity contribution in [3.05, 3.63) is 35.5 Å². The standard InChI is InChI=1S/C17H22N2O2/c1-3-21-13-7-6-10-19(11-13)17(20)16-12(2)18-15-9-5-4-8-14(15)16/h4-5,8-9,13,18H,3,6-7,10-11H2,1-2H3. The molecule has 0 aliphatic carbocycles. The number of aromatic amines is 1. The molecular weight excluding hydrogens is 264 g/mol. The van der Waals surface area contributed by atoms with E-state index >= 15 is 0 Å². The van der Waals surface area contributed by atoms with E-state index in [4.69, 9.17) is 4.74 Å². The Bertz CT molecular complexity index is 645. The summed E-state index contributed by atoms with van der Waals surface area (Å²) in [6.45, 7) is 6.20. The lowest BCUT2D eigenvalue weighted by Crippen LogP contribution is -2.43. The van der Waals surface area contributed by atoms with Crippen molar-refractivity contribution in [2.45, 2.75) is 32.8 Å². The number of amides is 1. The normalized spacial score (nSPS) is 19.1. The van der Waals surface area contributed by atoms with E-state index in [0.717, 1.165) is 41.5 Å². The summed E-state index contributed by atoms with van der Waals surface area (Å²) in [5.74, 6) is 0.120. The largest absolute Gasteiger partial charge is 0.377 e. The fraction of sp³-hybridized carbons (Fsp3) is 0.471. The molecule has 0 spiro atoms. The second-order valence-electron chi connectivity index (χ2n) is 5.64. The van der Waals surface area contributed by atoms with Crippen LogP contribution in [0.4, 0.5) is 0 Å². The number of fused-ring (bicyclic) bond motifs is 1. The molecule has 1 saturated heterocycles. The summed E-state index contributed by atoms with van der Waals surface area (Å²) in [6.07, 6.45) is 2.24. The van der Waals surface area contributed by atoms with Crippen molar-refractivity contribution in [2.75, 3.05) is 19.7 Å². The minimum atomic E-state index is 0.120. The van der Waals surface area contributed by atoms with Gasteiger partial charge in [0.2, 0.25) is 0 Å². The Morgan fingerprint density at radius 2 is 2.24 bits per heavy atom. The average Bonchev–Trinajstić information content (AvgIpc) is 2.83. The molecule has 1 N–H and O–H groups in total. The van der Waals surface area contributed by atoms with Crippen molar-refractivity contribution >= 4 is 16.8 Å². The van der Waals surface area contributed by atoms with Crippen molar-refractivity contribution in [3.63, 3.8) is 0 Å². The van der Waals surface area contributed by atoms with Gasteiger partial charge in [0.05, 0.1) is 11.7 Å². The van der Waals surface area contributed by atoms with E-state index in [0.29, 0.717) is 13.2 Å². The number of likely N-dealkylation sites (tertiary alicyclic amines) is 1. The smallest absolute Gasteiger partial charge is 0.256 e. The summed E-state index contributed by atoms with van der Waals surface area (Å²) in [6, 6.07) is 7.98. The molecule has 4 heteroatoms.